The summed E-state index contributed by atoms with van der Waals surface area (Å²) >= 11 is 0. The topological polar surface area (TPSA) is 33.0 Å². The Kier molecular flexibility index (Phi) is 6.28. The average molecular weight is 241 g/mol. The predicted molar refractivity (Wildman–Crippen MR) is 71.8 cm³/mol. The summed E-state index contributed by atoms with van der Waals surface area (Å²) in [7, 11) is -1.55. The summed E-state index contributed by atoms with van der Waals surface area (Å²) in [4.78, 5) is 0. The molecule has 0 spiro atoms. The maximum atomic E-state index is 8.52. The number of nitrogens with zero attached hydrogens (tertiary/aromatic N) is 1. The average Bonchev–Trinajstić information content (AvgIpc) is 1.98. The third kappa shape index (κ3) is 8.93. The van der Waals surface area contributed by atoms with Crippen molar-refractivity contribution in [1.82, 2.24) is 0 Å². The minimum Gasteiger partial charge on any atom is -0.415 e. The zero-order chi connectivity index (χ0) is 12.8. The highest BCUT2D eigenvalue weighted by atomic mass is 28.4. The highest BCUT2D eigenvalue weighted by molar-refractivity contribution is 6.71. The lowest BCUT2D eigenvalue weighted by Gasteiger charge is -2.31. The quantitative estimate of drug-likeness (QED) is 0.512. The number of unbranched alkanes of at least 4 members (excludes halogenated alkanes) is 1. The van der Waals surface area contributed by atoms with E-state index in [1.807, 2.05) is 0 Å². The molecular weight excluding hydrogens is 214 g/mol. The summed E-state index contributed by atoms with van der Waals surface area (Å²) in [5.74, 6) is 0. The van der Waals surface area contributed by atoms with E-state index in [1.54, 1.807) is 0 Å². The molecule has 0 saturated heterocycles. The van der Waals surface area contributed by atoms with E-state index in [0.29, 0.717) is 17.9 Å². The molecule has 0 fully saturated rings. The Morgan fingerprint density at radius 3 is 2.31 bits per heavy atom. The van der Waals surface area contributed by atoms with Crippen LogP contribution in [0.5, 0.6) is 0 Å². The van der Waals surface area contributed by atoms with Gasteiger partial charge in [0.25, 0.3) is 0 Å². The van der Waals surface area contributed by atoms with Crippen LogP contribution in [0.25, 0.3) is 0 Å². The van der Waals surface area contributed by atoms with E-state index in [-0.39, 0.29) is 0 Å². The zero-order valence-electron chi connectivity index (χ0n) is 11.8. The van der Waals surface area contributed by atoms with Gasteiger partial charge in [-0.25, -0.2) is 0 Å². The molecule has 0 aliphatic heterocycles. The lowest BCUT2D eigenvalue weighted by atomic mass is 9.90. The van der Waals surface area contributed by atoms with Crippen molar-refractivity contribution in [2.45, 2.75) is 72.2 Å². The first-order valence-corrected chi connectivity index (χ1v) is 9.33. The first-order chi connectivity index (χ1) is 7.16. The van der Waals surface area contributed by atoms with Crippen LogP contribution in [-0.2, 0) is 4.43 Å². The van der Waals surface area contributed by atoms with E-state index < -0.39 is 8.32 Å². The van der Waals surface area contributed by atoms with Crippen molar-refractivity contribution >= 4 is 8.32 Å². The van der Waals surface area contributed by atoms with Crippen LogP contribution < -0.4 is 0 Å². The van der Waals surface area contributed by atoms with E-state index in [1.165, 1.54) is 0 Å². The van der Waals surface area contributed by atoms with Gasteiger partial charge >= 0.3 is 0 Å². The molecule has 16 heavy (non-hydrogen) atoms. The van der Waals surface area contributed by atoms with Crippen LogP contribution in [0.3, 0.4) is 0 Å². The Bertz CT molecular complexity index is 237. The Hall–Kier alpha value is -0.333. The lowest BCUT2D eigenvalue weighted by molar-refractivity contribution is 0.152. The van der Waals surface area contributed by atoms with Crippen LogP contribution in [0.15, 0.2) is 0 Å². The summed E-state index contributed by atoms with van der Waals surface area (Å²) in [5.41, 5.74) is 0.330. The molecule has 1 atom stereocenters. The number of hydrogen-bond acceptors (Lipinski definition) is 2. The molecule has 0 amide bonds. The molecule has 2 nitrogen and oxygen atoms in total. The fourth-order valence-corrected chi connectivity index (χ4v) is 4.42. The van der Waals surface area contributed by atoms with Crippen LogP contribution in [0.2, 0.25) is 19.1 Å². The van der Waals surface area contributed by atoms with Gasteiger partial charge in [0.15, 0.2) is 8.32 Å². The minimum absolute atomic E-state index is 0.330. The molecule has 0 bridgehead atoms. The van der Waals surface area contributed by atoms with Crippen molar-refractivity contribution in [1.29, 1.82) is 5.26 Å². The Morgan fingerprint density at radius 2 is 1.88 bits per heavy atom. The van der Waals surface area contributed by atoms with E-state index in [4.69, 9.17) is 9.69 Å². The van der Waals surface area contributed by atoms with Crippen LogP contribution in [0, 0.1) is 16.7 Å². The van der Waals surface area contributed by atoms with Gasteiger partial charge in [-0.1, -0.05) is 20.8 Å². The van der Waals surface area contributed by atoms with Gasteiger partial charge in [0, 0.05) is 12.5 Å². The first-order valence-electron chi connectivity index (χ1n) is 6.21. The van der Waals surface area contributed by atoms with E-state index >= 15 is 0 Å². The lowest BCUT2D eigenvalue weighted by Crippen LogP contribution is -2.35. The second-order valence-corrected chi connectivity index (χ2v) is 10.7. The zero-order valence-corrected chi connectivity index (χ0v) is 12.8. The van der Waals surface area contributed by atoms with Crippen LogP contribution in [0.4, 0.5) is 0 Å². The van der Waals surface area contributed by atoms with Crippen LogP contribution >= 0.6 is 0 Å². The molecular formula is C13H27NOSi. The SMILES string of the molecule is CC(CC(C)(C)C)O[Si](C)(C)CCCC#N. The fourth-order valence-electron chi connectivity index (χ4n) is 2.10. The highest BCUT2D eigenvalue weighted by Gasteiger charge is 2.26. The van der Waals surface area contributed by atoms with Crippen LogP contribution in [0.1, 0.15) is 47.0 Å². The van der Waals surface area contributed by atoms with Crippen molar-refractivity contribution in [2.75, 3.05) is 0 Å². The van der Waals surface area contributed by atoms with Crippen molar-refractivity contribution in [3.63, 3.8) is 0 Å². The maximum absolute atomic E-state index is 8.52. The number of hydrogen-bond donors (Lipinski definition) is 0. The van der Waals surface area contributed by atoms with Gasteiger partial charge < -0.3 is 4.43 Å². The molecule has 0 aromatic rings. The number of nitriles is 1. The van der Waals surface area contributed by atoms with Crippen molar-refractivity contribution in [3.8, 4) is 6.07 Å². The van der Waals surface area contributed by atoms with Crippen molar-refractivity contribution in [3.05, 3.63) is 0 Å². The van der Waals surface area contributed by atoms with Crippen molar-refractivity contribution < 1.29 is 4.43 Å². The molecule has 0 heterocycles. The molecule has 94 valence electrons. The molecule has 0 saturated carbocycles. The molecule has 0 rings (SSSR count). The minimum atomic E-state index is -1.55. The molecule has 3 heteroatoms. The van der Waals surface area contributed by atoms with Gasteiger partial charge in [-0.3, -0.25) is 0 Å². The molecule has 0 aliphatic carbocycles. The normalized spacial score (nSPS) is 14.6. The summed E-state index contributed by atoms with van der Waals surface area (Å²) in [6.07, 6.45) is 3.08. The van der Waals surface area contributed by atoms with Gasteiger partial charge in [0.2, 0.25) is 0 Å². The Morgan fingerprint density at radius 1 is 1.31 bits per heavy atom. The molecule has 0 aromatic carbocycles. The van der Waals surface area contributed by atoms with Crippen molar-refractivity contribution in [2.24, 2.45) is 5.41 Å². The molecule has 0 aliphatic rings. The highest BCUT2D eigenvalue weighted by Crippen LogP contribution is 2.25. The summed E-state index contributed by atoms with van der Waals surface area (Å²) < 4.78 is 6.19. The van der Waals surface area contributed by atoms with Crippen LogP contribution in [-0.4, -0.2) is 14.4 Å². The largest absolute Gasteiger partial charge is 0.415 e. The second-order valence-electron chi connectivity index (χ2n) is 6.46. The molecule has 0 aromatic heterocycles. The molecule has 0 N–H and O–H groups in total. The van der Waals surface area contributed by atoms with Gasteiger partial charge in [0.1, 0.15) is 0 Å². The Labute approximate surface area is 102 Å². The van der Waals surface area contributed by atoms with Gasteiger partial charge in [-0.15, -0.1) is 0 Å². The second kappa shape index (κ2) is 6.41. The van der Waals surface area contributed by atoms with E-state index in [9.17, 15) is 0 Å². The van der Waals surface area contributed by atoms with Gasteiger partial charge in [-0.05, 0) is 44.3 Å². The predicted octanol–water partition coefficient (Wildman–Crippen LogP) is 4.34. The third-order valence-corrected chi connectivity index (χ3v) is 5.09. The summed E-state index contributed by atoms with van der Waals surface area (Å²) in [6, 6.07) is 3.29. The maximum Gasteiger partial charge on any atom is 0.187 e. The summed E-state index contributed by atoms with van der Waals surface area (Å²) in [6.45, 7) is 13.4. The summed E-state index contributed by atoms with van der Waals surface area (Å²) in [5, 5.41) is 8.52. The van der Waals surface area contributed by atoms with E-state index in [2.05, 4.69) is 46.9 Å². The molecule has 0 radical (unpaired) electrons. The van der Waals surface area contributed by atoms with Gasteiger partial charge in [-0.2, -0.15) is 5.26 Å². The smallest absolute Gasteiger partial charge is 0.187 e. The fraction of sp³-hybridized carbons (Fsp3) is 0.923. The number of rotatable bonds is 6. The molecule has 1 unspecified atom stereocenters. The first kappa shape index (κ1) is 15.7. The van der Waals surface area contributed by atoms with Gasteiger partial charge in [0.05, 0.1) is 6.07 Å². The van der Waals surface area contributed by atoms with E-state index in [0.717, 1.165) is 18.9 Å². The Balaban J connectivity index is 4.00. The monoisotopic (exact) mass is 241 g/mol. The third-order valence-electron chi connectivity index (χ3n) is 2.49. The standard InChI is InChI=1S/C13H27NOSi/c1-12(11-13(2,3)4)15-16(5,6)10-8-7-9-14/h12H,7-8,10-11H2,1-6H3.